The molecule has 12 nitrogen and oxygen atoms in total. The van der Waals surface area contributed by atoms with Crippen LogP contribution < -0.4 is 22.5 Å². The van der Waals surface area contributed by atoms with Gasteiger partial charge in [-0.25, -0.2) is 13.6 Å². The number of nitrogens with two attached hydrogens (primary N) is 1. The molecule has 4 aromatic heterocycles. The third-order valence-electron chi connectivity index (χ3n) is 6.75. The van der Waals surface area contributed by atoms with Gasteiger partial charge in [-0.05, 0) is 73.8 Å². The molecule has 48 heavy (non-hydrogen) atoms. The quantitative estimate of drug-likeness (QED) is 0.131. The summed E-state index contributed by atoms with van der Waals surface area (Å²) in [5, 5.41) is 14.0. The van der Waals surface area contributed by atoms with Gasteiger partial charge in [0.15, 0.2) is 11.5 Å². The van der Waals surface area contributed by atoms with Crippen LogP contribution in [-0.2, 0) is 17.8 Å². The molecule has 1 amide bonds. The molecule has 6 rings (SSSR count). The number of halogens is 2. The summed E-state index contributed by atoms with van der Waals surface area (Å²) in [6.07, 6.45) is 3.47. The number of aliphatic hydroxyl groups excluding tert-OH is 1. The van der Waals surface area contributed by atoms with Crippen LogP contribution in [0.15, 0.2) is 81.9 Å². The lowest BCUT2D eigenvalue weighted by atomic mass is 10.1. The van der Waals surface area contributed by atoms with Gasteiger partial charge in [0.2, 0.25) is 0 Å². The van der Waals surface area contributed by atoms with Crippen LogP contribution in [0.2, 0.25) is 0 Å². The van der Waals surface area contributed by atoms with Crippen molar-refractivity contribution in [2.24, 2.45) is 5.73 Å². The van der Waals surface area contributed by atoms with E-state index >= 15 is 0 Å². The number of ether oxygens (including phenoxy) is 1. The van der Waals surface area contributed by atoms with E-state index in [1.165, 1.54) is 19.2 Å². The minimum atomic E-state index is -0.734. The van der Waals surface area contributed by atoms with Gasteiger partial charge in [-0.15, -0.1) is 0 Å². The Morgan fingerprint density at radius 1 is 0.771 bits per heavy atom. The van der Waals surface area contributed by atoms with Gasteiger partial charge in [-0.3, -0.25) is 14.8 Å². The number of esters is 1. The highest BCUT2D eigenvalue weighted by Crippen LogP contribution is 2.31. The molecule has 8 N–H and O–H groups in total. The van der Waals surface area contributed by atoms with Gasteiger partial charge in [0.1, 0.15) is 39.8 Å². The maximum absolute atomic E-state index is 13.7. The number of furan rings is 2. The summed E-state index contributed by atoms with van der Waals surface area (Å²) in [5.41, 5.74) is 9.18. The van der Waals surface area contributed by atoms with Gasteiger partial charge in [0.05, 0.1) is 12.7 Å². The van der Waals surface area contributed by atoms with E-state index in [2.05, 4.69) is 25.3 Å². The van der Waals surface area contributed by atoms with Gasteiger partial charge >= 0.3 is 5.97 Å². The third kappa shape index (κ3) is 8.43. The zero-order valence-electron chi connectivity index (χ0n) is 26.8. The van der Waals surface area contributed by atoms with Crippen molar-refractivity contribution in [2.75, 3.05) is 28.3 Å². The van der Waals surface area contributed by atoms with E-state index in [0.717, 1.165) is 30.4 Å². The molecule has 2 aromatic carbocycles. The van der Waals surface area contributed by atoms with Crippen molar-refractivity contribution >= 4 is 33.8 Å². The Kier molecular flexibility index (Phi) is 13.0. The number of methoxy groups -OCH3 is 1. The first-order valence-corrected chi connectivity index (χ1v) is 14.2. The molecule has 4 heterocycles. The van der Waals surface area contributed by atoms with Gasteiger partial charge in [0.25, 0.3) is 5.91 Å². The zero-order valence-corrected chi connectivity index (χ0v) is 26.8. The van der Waals surface area contributed by atoms with Gasteiger partial charge < -0.3 is 41.2 Å². The lowest BCUT2D eigenvalue weighted by molar-refractivity contribution is 0.0601. The number of pyridine rings is 2. The lowest BCUT2D eigenvalue weighted by Crippen LogP contribution is -2.11. The Morgan fingerprint density at radius 3 is 1.58 bits per heavy atom. The topological polar surface area (TPSA) is 201 Å². The average molecular weight is 663 g/mol. The Labute approximate surface area is 274 Å². The van der Waals surface area contributed by atoms with E-state index in [0.29, 0.717) is 46.8 Å². The van der Waals surface area contributed by atoms with Crippen molar-refractivity contribution in [3.8, 4) is 22.9 Å². The fourth-order valence-corrected chi connectivity index (χ4v) is 4.69. The van der Waals surface area contributed by atoms with E-state index in [1.54, 1.807) is 24.5 Å². The zero-order chi connectivity index (χ0) is 34.1. The molecule has 0 aliphatic rings. The van der Waals surface area contributed by atoms with Crippen LogP contribution in [0, 0.1) is 11.6 Å². The van der Waals surface area contributed by atoms with E-state index in [4.69, 9.17) is 19.7 Å². The first kappa shape index (κ1) is 36.9. The van der Waals surface area contributed by atoms with Crippen molar-refractivity contribution in [3.63, 3.8) is 0 Å². The van der Waals surface area contributed by atoms with Crippen molar-refractivity contribution in [1.82, 2.24) is 26.8 Å². The lowest BCUT2D eigenvalue weighted by Gasteiger charge is -2.01. The number of hydrogen-bond donors (Lipinski definition) is 5. The van der Waals surface area contributed by atoms with Crippen LogP contribution in [0.5, 0.6) is 0 Å². The minimum absolute atomic E-state index is 0. The van der Waals surface area contributed by atoms with Crippen LogP contribution in [0.1, 0.15) is 31.8 Å². The maximum atomic E-state index is 13.7. The van der Waals surface area contributed by atoms with Gasteiger partial charge in [-0.1, -0.05) is 12.1 Å². The molecule has 0 radical (unpaired) electrons. The number of carbonyl (C=O) groups excluding carboxylic acids is 2. The van der Waals surface area contributed by atoms with Crippen LogP contribution in [-0.4, -0.2) is 55.3 Å². The van der Waals surface area contributed by atoms with Crippen molar-refractivity contribution in [3.05, 3.63) is 107 Å². The number of aliphatic hydroxyl groups is 1. The first-order valence-electron chi connectivity index (χ1n) is 14.2. The summed E-state index contributed by atoms with van der Waals surface area (Å²) in [4.78, 5) is 31.8. The molecule has 0 aliphatic heterocycles. The van der Waals surface area contributed by atoms with E-state index in [-0.39, 0.29) is 28.4 Å². The fourth-order valence-electron chi connectivity index (χ4n) is 4.69. The Hall–Kier alpha value is -5.54. The van der Waals surface area contributed by atoms with E-state index in [1.807, 2.05) is 38.4 Å². The maximum Gasteiger partial charge on any atom is 0.341 e. The van der Waals surface area contributed by atoms with E-state index < -0.39 is 23.5 Å². The monoisotopic (exact) mass is 662 g/mol. The number of fused-ring (bicyclic) bond motifs is 2. The van der Waals surface area contributed by atoms with Gasteiger partial charge in [0, 0.05) is 43.4 Å². The highest BCUT2D eigenvalue weighted by atomic mass is 19.1. The number of hydrogen-bond acceptors (Lipinski definition) is 11. The number of benzene rings is 2. The van der Waals surface area contributed by atoms with Gasteiger partial charge in [-0.2, -0.15) is 0 Å². The molecular weight excluding hydrogens is 626 g/mol. The third-order valence-corrected chi connectivity index (χ3v) is 6.75. The molecule has 0 atom stereocenters. The Bertz CT molecular complexity index is 1990. The number of nitrogens with one attached hydrogen (secondary N) is 2. The summed E-state index contributed by atoms with van der Waals surface area (Å²) in [5.74, 6) is -1.52. The minimum Gasteiger partial charge on any atom is -0.465 e. The fraction of sp³-hybridized carbons (Fsp3) is 0.176. The summed E-state index contributed by atoms with van der Waals surface area (Å²) in [7, 11) is 5.95. The van der Waals surface area contributed by atoms with Crippen LogP contribution in [0.25, 0.3) is 44.8 Å². The van der Waals surface area contributed by atoms with Crippen molar-refractivity contribution in [2.45, 2.75) is 13.1 Å². The number of carbonyl (C=O) groups is 2. The Morgan fingerprint density at radius 2 is 1.21 bits per heavy atom. The summed E-state index contributed by atoms with van der Waals surface area (Å²) in [6.45, 7) is 1.43. The molecule has 0 bridgehead atoms. The second-order valence-corrected chi connectivity index (χ2v) is 9.98. The molecule has 14 heteroatoms. The standard InChI is InChI=1S/C17H15FN2O3.C16H14FN3O2.CH4O.H3N/c1-19-8-10-3-4-14(20-9-10)15-6-11-5-12(18)7-13(16(11)23-15)17(21)22-2;1-19-7-9-2-3-13(20-8-9)14-5-10-4-11(17)6-12(16(18)21)15(10)22-14;1-2;/h3-7,9,19H,8H2,1-2H3;2-6,8,19H,7H2,1H3,(H2,18,21);2H,1H3;1H3. The molecule has 0 unspecified atom stereocenters. The number of rotatable bonds is 8. The largest absolute Gasteiger partial charge is 0.465 e. The highest BCUT2D eigenvalue weighted by Gasteiger charge is 2.18. The second kappa shape index (κ2) is 16.9. The predicted octanol–water partition coefficient (Wildman–Crippen LogP) is 5.36. The molecule has 0 saturated carbocycles. The molecule has 0 spiro atoms. The number of nitrogens with zero attached hydrogens (tertiary/aromatic N) is 2. The molecule has 6 aromatic rings. The normalized spacial score (nSPS) is 10.4. The smallest absolute Gasteiger partial charge is 0.341 e. The van der Waals surface area contributed by atoms with Crippen molar-refractivity contribution in [1.29, 1.82) is 0 Å². The van der Waals surface area contributed by atoms with Crippen LogP contribution >= 0.6 is 0 Å². The molecular formula is C34H36F2N6O6. The first-order chi connectivity index (χ1) is 22.7. The molecule has 252 valence electrons. The number of aromatic nitrogens is 2. The highest BCUT2D eigenvalue weighted by molar-refractivity contribution is 6.05. The van der Waals surface area contributed by atoms with Crippen LogP contribution in [0.3, 0.4) is 0 Å². The predicted molar refractivity (Wildman–Crippen MR) is 177 cm³/mol. The van der Waals surface area contributed by atoms with Crippen molar-refractivity contribution < 1.29 is 37.0 Å². The summed E-state index contributed by atoms with van der Waals surface area (Å²) in [6, 6.07) is 15.6. The number of primary amides is 1. The Balaban J connectivity index is 0.000000243. The number of amides is 1. The molecule has 0 aliphatic carbocycles. The van der Waals surface area contributed by atoms with Crippen LogP contribution in [0.4, 0.5) is 8.78 Å². The SMILES string of the molecule is CNCc1ccc(-c2cc3cc(F)cc(C(=O)OC)c3o2)nc1.CNCc1ccc(-c2cc3cc(F)cc(C(N)=O)c3o2)nc1.CO.N. The van der Waals surface area contributed by atoms with E-state index in [9.17, 15) is 18.4 Å². The summed E-state index contributed by atoms with van der Waals surface area (Å²) < 4.78 is 43.2. The average Bonchev–Trinajstić information content (AvgIpc) is 3.70. The molecule has 0 fully saturated rings. The molecule has 0 saturated heterocycles. The second-order valence-electron chi connectivity index (χ2n) is 9.98. The summed E-state index contributed by atoms with van der Waals surface area (Å²) >= 11 is 0.